The summed E-state index contributed by atoms with van der Waals surface area (Å²) in [7, 11) is 3.95. The number of nitrogens with one attached hydrogen (secondary N) is 1. The first kappa shape index (κ1) is 17.2. The molecule has 0 amide bonds. The fourth-order valence-corrected chi connectivity index (χ4v) is 3.19. The summed E-state index contributed by atoms with van der Waals surface area (Å²) in [5, 5.41) is 12.6. The zero-order valence-electron chi connectivity index (χ0n) is 14.8. The Labute approximate surface area is 149 Å². The second kappa shape index (κ2) is 7.95. The van der Waals surface area contributed by atoms with Crippen molar-refractivity contribution in [2.45, 2.75) is 25.4 Å². The zero-order chi connectivity index (χ0) is 17.6. The third kappa shape index (κ3) is 4.68. The minimum atomic E-state index is 0.373. The Morgan fingerprint density at radius 1 is 1.32 bits per heavy atom. The van der Waals surface area contributed by atoms with Gasteiger partial charge in [-0.05, 0) is 37.1 Å². The Morgan fingerprint density at radius 3 is 3.00 bits per heavy atom. The minimum Gasteiger partial charge on any atom is -0.366 e. The maximum Gasteiger partial charge on any atom is 0.133 e. The van der Waals surface area contributed by atoms with E-state index in [2.05, 4.69) is 32.3 Å². The molecule has 0 aliphatic carbocycles. The van der Waals surface area contributed by atoms with Gasteiger partial charge < -0.3 is 10.2 Å². The van der Waals surface area contributed by atoms with Gasteiger partial charge in [0, 0.05) is 39.3 Å². The Bertz CT molecular complexity index is 752. The first-order chi connectivity index (χ1) is 12.1. The molecule has 1 aliphatic rings. The van der Waals surface area contributed by atoms with Crippen LogP contribution in [0.1, 0.15) is 24.0 Å². The van der Waals surface area contributed by atoms with E-state index in [-0.39, 0.29) is 0 Å². The fraction of sp³-hybridized carbons (Fsp3) is 0.421. The number of hydrogen-bond acceptors (Lipinski definition) is 6. The van der Waals surface area contributed by atoms with Crippen molar-refractivity contribution in [1.82, 2.24) is 14.9 Å². The number of hydrogen-bond donors (Lipinski definition) is 1. The summed E-state index contributed by atoms with van der Waals surface area (Å²) in [6.07, 6.45) is 3.89. The summed E-state index contributed by atoms with van der Waals surface area (Å²) in [6.45, 7) is 2.93. The zero-order valence-corrected chi connectivity index (χ0v) is 14.8. The predicted octanol–water partition coefficient (Wildman–Crippen LogP) is 2.49. The van der Waals surface area contributed by atoms with Crippen LogP contribution >= 0.6 is 0 Å². The van der Waals surface area contributed by atoms with E-state index >= 15 is 0 Å². The second-order valence-corrected chi connectivity index (χ2v) is 6.69. The third-order valence-corrected chi connectivity index (χ3v) is 4.43. The molecule has 2 aromatic rings. The van der Waals surface area contributed by atoms with Gasteiger partial charge in [-0.15, -0.1) is 0 Å². The average molecular weight is 336 g/mol. The lowest BCUT2D eigenvalue weighted by Gasteiger charge is -2.33. The van der Waals surface area contributed by atoms with Crippen LogP contribution in [0.2, 0.25) is 0 Å². The van der Waals surface area contributed by atoms with Gasteiger partial charge in [0.1, 0.15) is 18.0 Å². The molecule has 0 bridgehead atoms. The van der Waals surface area contributed by atoms with Crippen LogP contribution in [0.5, 0.6) is 0 Å². The van der Waals surface area contributed by atoms with Crippen LogP contribution in [-0.4, -0.2) is 48.1 Å². The number of likely N-dealkylation sites (tertiary alicyclic amines) is 1. The standard InChI is InChI=1S/C19H24N6/c1-24(2)19-10-18(21-14-22-19)23-17-7-4-8-25(13-17)12-16-6-3-5-15(9-16)11-20/h3,5-6,9-10,14,17H,4,7-8,12-13H2,1-2H3,(H,21,22,23). The topological polar surface area (TPSA) is 68.1 Å². The largest absolute Gasteiger partial charge is 0.366 e. The minimum absolute atomic E-state index is 0.373. The van der Waals surface area contributed by atoms with Gasteiger partial charge in [0.2, 0.25) is 0 Å². The molecule has 1 aromatic heterocycles. The maximum atomic E-state index is 9.05. The normalized spacial score (nSPS) is 17.7. The van der Waals surface area contributed by atoms with Crippen molar-refractivity contribution in [3.05, 3.63) is 47.8 Å². The molecule has 3 rings (SSSR count). The molecule has 130 valence electrons. The summed E-state index contributed by atoms with van der Waals surface area (Å²) in [4.78, 5) is 13.0. The van der Waals surface area contributed by atoms with Crippen LogP contribution in [0.3, 0.4) is 0 Å². The number of piperidine rings is 1. The lowest BCUT2D eigenvalue weighted by Crippen LogP contribution is -2.41. The third-order valence-electron chi connectivity index (χ3n) is 4.43. The molecule has 25 heavy (non-hydrogen) atoms. The Kier molecular flexibility index (Phi) is 5.46. The van der Waals surface area contributed by atoms with Gasteiger partial charge in [-0.25, -0.2) is 9.97 Å². The number of rotatable bonds is 5. The van der Waals surface area contributed by atoms with Crippen LogP contribution in [-0.2, 0) is 6.54 Å². The first-order valence-electron chi connectivity index (χ1n) is 8.61. The van der Waals surface area contributed by atoms with Gasteiger partial charge in [0.25, 0.3) is 0 Å². The lowest BCUT2D eigenvalue weighted by molar-refractivity contribution is 0.208. The molecule has 1 aliphatic heterocycles. The molecule has 1 saturated heterocycles. The molecule has 0 spiro atoms. The van der Waals surface area contributed by atoms with Crippen molar-refractivity contribution in [3.63, 3.8) is 0 Å². The number of nitrogens with zero attached hydrogens (tertiary/aromatic N) is 5. The Hall–Kier alpha value is -2.65. The molecule has 0 saturated carbocycles. The van der Waals surface area contributed by atoms with E-state index in [9.17, 15) is 0 Å². The SMILES string of the molecule is CN(C)c1cc(NC2CCCN(Cc3cccc(C#N)c3)C2)ncn1. The average Bonchev–Trinajstić information content (AvgIpc) is 2.62. The summed E-state index contributed by atoms with van der Waals surface area (Å²) >= 11 is 0. The number of aromatic nitrogens is 2. The maximum absolute atomic E-state index is 9.05. The van der Waals surface area contributed by atoms with Crippen molar-refractivity contribution in [2.24, 2.45) is 0 Å². The van der Waals surface area contributed by atoms with Crippen LogP contribution in [0.4, 0.5) is 11.6 Å². The number of benzene rings is 1. The molecule has 1 atom stereocenters. The molecular weight excluding hydrogens is 312 g/mol. The van der Waals surface area contributed by atoms with E-state index in [1.54, 1.807) is 6.33 Å². The van der Waals surface area contributed by atoms with Gasteiger partial charge in [0.05, 0.1) is 11.6 Å². The second-order valence-electron chi connectivity index (χ2n) is 6.69. The molecule has 2 heterocycles. The summed E-state index contributed by atoms with van der Waals surface area (Å²) in [5.74, 6) is 1.77. The van der Waals surface area contributed by atoms with E-state index < -0.39 is 0 Å². The van der Waals surface area contributed by atoms with Crippen LogP contribution in [0, 0.1) is 11.3 Å². The van der Waals surface area contributed by atoms with Gasteiger partial charge in [0.15, 0.2) is 0 Å². The van der Waals surface area contributed by atoms with Gasteiger partial charge >= 0.3 is 0 Å². The predicted molar refractivity (Wildman–Crippen MR) is 99.4 cm³/mol. The molecule has 6 nitrogen and oxygen atoms in total. The van der Waals surface area contributed by atoms with Crippen LogP contribution in [0.25, 0.3) is 0 Å². The molecule has 6 heteroatoms. The molecular formula is C19H24N6. The van der Waals surface area contributed by atoms with E-state index in [1.807, 2.05) is 43.3 Å². The van der Waals surface area contributed by atoms with E-state index in [0.29, 0.717) is 6.04 Å². The molecule has 1 unspecified atom stereocenters. The summed E-state index contributed by atoms with van der Waals surface area (Å²) < 4.78 is 0. The quantitative estimate of drug-likeness (QED) is 0.905. The van der Waals surface area contributed by atoms with Gasteiger partial charge in [-0.2, -0.15) is 5.26 Å². The molecule has 1 aromatic carbocycles. The number of nitriles is 1. The number of anilines is 2. The van der Waals surface area contributed by atoms with Gasteiger partial charge in [-0.1, -0.05) is 12.1 Å². The summed E-state index contributed by atoms with van der Waals surface area (Å²) in [6, 6.07) is 12.4. The van der Waals surface area contributed by atoms with Crippen molar-refractivity contribution in [3.8, 4) is 6.07 Å². The highest BCUT2D eigenvalue weighted by molar-refractivity contribution is 5.48. The molecule has 0 radical (unpaired) electrons. The highest BCUT2D eigenvalue weighted by atomic mass is 15.2. The fourth-order valence-electron chi connectivity index (χ4n) is 3.19. The van der Waals surface area contributed by atoms with Crippen LogP contribution in [0.15, 0.2) is 36.7 Å². The highest BCUT2D eigenvalue weighted by Gasteiger charge is 2.20. The van der Waals surface area contributed by atoms with Crippen molar-refractivity contribution < 1.29 is 0 Å². The van der Waals surface area contributed by atoms with E-state index in [4.69, 9.17) is 5.26 Å². The molecule has 1 N–H and O–H groups in total. The van der Waals surface area contributed by atoms with Gasteiger partial charge in [-0.3, -0.25) is 4.90 Å². The smallest absolute Gasteiger partial charge is 0.133 e. The van der Waals surface area contributed by atoms with E-state index in [1.165, 1.54) is 5.56 Å². The van der Waals surface area contributed by atoms with Crippen molar-refractivity contribution in [2.75, 3.05) is 37.4 Å². The van der Waals surface area contributed by atoms with Crippen LogP contribution < -0.4 is 10.2 Å². The Morgan fingerprint density at radius 2 is 2.20 bits per heavy atom. The lowest BCUT2D eigenvalue weighted by atomic mass is 10.0. The molecule has 1 fully saturated rings. The van der Waals surface area contributed by atoms with Crippen molar-refractivity contribution >= 4 is 11.6 Å². The first-order valence-corrected chi connectivity index (χ1v) is 8.61. The highest BCUT2D eigenvalue weighted by Crippen LogP contribution is 2.19. The van der Waals surface area contributed by atoms with E-state index in [0.717, 1.165) is 49.7 Å². The summed E-state index contributed by atoms with van der Waals surface area (Å²) in [5.41, 5.74) is 1.91. The monoisotopic (exact) mass is 336 g/mol. The van der Waals surface area contributed by atoms with Crippen molar-refractivity contribution in [1.29, 1.82) is 5.26 Å². The Balaban J connectivity index is 1.61.